The van der Waals surface area contributed by atoms with Crippen LogP contribution in [0.5, 0.6) is 11.5 Å². The molecular weight excluding hydrogens is 356 g/mol. The zero-order valence-corrected chi connectivity index (χ0v) is 16.4. The summed E-state index contributed by atoms with van der Waals surface area (Å²) in [6, 6.07) is 13.1. The monoisotopic (exact) mass is 382 g/mol. The molecule has 0 bridgehead atoms. The number of methoxy groups -OCH3 is 1. The molecule has 1 aliphatic rings. The van der Waals surface area contributed by atoms with Crippen LogP contribution in [0.3, 0.4) is 0 Å². The van der Waals surface area contributed by atoms with Gasteiger partial charge in [-0.05, 0) is 42.8 Å². The molecule has 28 heavy (non-hydrogen) atoms. The molecule has 1 aliphatic heterocycles. The fraction of sp³-hybridized carbons (Fsp3) is 0.364. The van der Waals surface area contributed by atoms with E-state index in [9.17, 15) is 9.59 Å². The predicted molar refractivity (Wildman–Crippen MR) is 108 cm³/mol. The minimum Gasteiger partial charge on any atom is -0.493 e. The topological polar surface area (TPSA) is 59.1 Å². The van der Waals surface area contributed by atoms with Crippen LogP contribution in [0.25, 0.3) is 0 Å². The van der Waals surface area contributed by atoms with Crippen LogP contribution in [0.2, 0.25) is 0 Å². The van der Waals surface area contributed by atoms with Gasteiger partial charge in [-0.15, -0.1) is 0 Å². The number of piperazine rings is 1. The number of anilines is 1. The van der Waals surface area contributed by atoms with Gasteiger partial charge in [-0.2, -0.15) is 0 Å². The summed E-state index contributed by atoms with van der Waals surface area (Å²) in [5.74, 6) is 1.42. The Balaban J connectivity index is 1.48. The highest BCUT2D eigenvalue weighted by Gasteiger charge is 2.22. The first-order valence-corrected chi connectivity index (χ1v) is 9.46. The SMILES string of the molecule is COc1ccccc1OCCC(=O)N1CCN(c2ccc(C=O)cc2C)CC1. The first kappa shape index (κ1) is 19.7. The highest BCUT2D eigenvalue weighted by Crippen LogP contribution is 2.26. The molecule has 0 aromatic heterocycles. The number of hydrogen-bond donors (Lipinski definition) is 0. The summed E-state index contributed by atoms with van der Waals surface area (Å²) in [5, 5.41) is 0. The van der Waals surface area contributed by atoms with E-state index in [4.69, 9.17) is 9.47 Å². The number of benzene rings is 2. The van der Waals surface area contributed by atoms with E-state index in [0.717, 1.165) is 30.6 Å². The molecule has 1 saturated heterocycles. The summed E-state index contributed by atoms with van der Waals surface area (Å²) in [4.78, 5) is 27.5. The fourth-order valence-corrected chi connectivity index (χ4v) is 3.45. The summed E-state index contributed by atoms with van der Waals surface area (Å²) in [7, 11) is 1.60. The molecule has 0 atom stereocenters. The Morgan fingerprint density at radius 1 is 1.07 bits per heavy atom. The summed E-state index contributed by atoms with van der Waals surface area (Å²) in [6.45, 7) is 5.26. The number of para-hydroxylation sites is 2. The minimum absolute atomic E-state index is 0.0996. The normalized spacial score (nSPS) is 13.9. The molecule has 1 fully saturated rings. The lowest BCUT2D eigenvalue weighted by Crippen LogP contribution is -2.49. The fourth-order valence-electron chi connectivity index (χ4n) is 3.45. The van der Waals surface area contributed by atoms with Gasteiger partial charge in [-0.3, -0.25) is 9.59 Å². The smallest absolute Gasteiger partial charge is 0.226 e. The number of nitrogens with zero attached hydrogens (tertiary/aromatic N) is 2. The Bertz CT molecular complexity index is 829. The Labute approximate surface area is 165 Å². The zero-order chi connectivity index (χ0) is 19.9. The largest absolute Gasteiger partial charge is 0.493 e. The van der Waals surface area contributed by atoms with Gasteiger partial charge < -0.3 is 19.3 Å². The average molecular weight is 382 g/mol. The van der Waals surface area contributed by atoms with Crippen LogP contribution in [-0.2, 0) is 4.79 Å². The number of hydrogen-bond acceptors (Lipinski definition) is 5. The lowest BCUT2D eigenvalue weighted by molar-refractivity contribution is -0.132. The summed E-state index contributed by atoms with van der Waals surface area (Å²) in [6.07, 6.45) is 1.20. The van der Waals surface area contributed by atoms with E-state index in [-0.39, 0.29) is 5.91 Å². The van der Waals surface area contributed by atoms with Crippen molar-refractivity contribution in [3.63, 3.8) is 0 Å². The summed E-state index contributed by atoms with van der Waals surface area (Å²) >= 11 is 0. The van der Waals surface area contributed by atoms with Crippen molar-refractivity contribution in [3.05, 3.63) is 53.6 Å². The van der Waals surface area contributed by atoms with E-state index in [1.165, 1.54) is 0 Å². The molecule has 0 saturated carbocycles. The second-order valence-electron chi connectivity index (χ2n) is 6.78. The third-order valence-corrected chi connectivity index (χ3v) is 4.97. The van der Waals surface area contributed by atoms with E-state index >= 15 is 0 Å². The first-order valence-electron chi connectivity index (χ1n) is 9.46. The number of carbonyl (C=O) groups excluding carboxylic acids is 2. The molecule has 0 unspecified atom stereocenters. The van der Waals surface area contributed by atoms with Gasteiger partial charge in [-0.1, -0.05) is 12.1 Å². The van der Waals surface area contributed by atoms with E-state index in [1.54, 1.807) is 7.11 Å². The third-order valence-electron chi connectivity index (χ3n) is 4.97. The number of carbonyl (C=O) groups is 2. The van der Waals surface area contributed by atoms with Crippen molar-refractivity contribution in [2.24, 2.45) is 0 Å². The molecule has 1 heterocycles. The predicted octanol–water partition coefficient (Wildman–Crippen LogP) is 2.93. The molecule has 2 aromatic carbocycles. The number of aryl methyl sites for hydroxylation is 1. The van der Waals surface area contributed by atoms with E-state index in [1.807, 2.05) is 54.3 Å². The summed E-state index contributed by atoms with van der Waals surface area (Å²) in [5.41, 5.74) is 2.89. The minimum atomic E-state index is 0.0996. The van der Waals surface area contributed by atoms with Crippen molar-refractivity contribution in [1.82, 2.24) is 4.90 Å². The van der Waals surface area contributed by atoms with Crippen molar-refractivity contribution in [2.75, 3.05) is 44.8 Å². The van der Waals surface area contributed by atoms with Gasteiger partial charge in [0.1, 0.15) is 6.29 Å². The second kappa shape index (κ2) is 9.26. The Morgan fingerprint density at radius 2 is 1.79 bits per heavy atom. The molecule has 0 aliphatic carbocycles. The summed E-state index contributed by atoms with van der Waals surface area (Å²) < 4.78 is 11.0. The van der Waals surface area contributed by atoms with Crippen LogP contribution in [0.4, 0.5) is 5.69 Å². The number of amides is 1. The van der Waals surface area contributed by atoms with Crippen molar-refractivity contribution in [1.29, 1.82) is 0 Å². The van der Waals surface area contributed by atoms with Gasteiger partial charge in [0.15, 0.2) is 11.5 Å². The molecule has 1 amide bonds. The van der Waals surface area contributed by atoms with E-state index in [0.29, 0.717) is 43.2 Å². The van der Waals surface area contributed by atoms with Gasteiger partial charge in [-0.25, -0.2) is 0 Å². The maximum absolute atomic E-state index is 12.5. The number of aldehydes is 1. The Morgan fingerprint density at radius 3 is 2.43 bits per heavy atom. The van der Waals surface area contributed by atoms with E-state index in [2.05, 4.69) is 4.90 Å². The van der Waals surface area contributed by atoms with Crippen molar-refractivity contribution < 1.29 is 19.1 Å². The molecule has 0 spiro atoms. The van der Waals surface area contributed by atoms with Gasteiger partial charge in [0.05, 0.1) is 20.1 Å². The van der Waals surface area contributed by atoms with Crippen LogP contribution in [0, 0.1) is 6.92 Å². The quantitative estimate of drug-likeness (QED) is 0.689. The Kier molecular flexibility index (Phi) is 6.53. The van der Waals surface area contributed by atoms with Gasteiger partial charge in [0.25, 0.3) is 0 Å². The molecule has 148 valence electrons. The molecule has 0 N–H and O–H groups in total. The van der Waals surface area contributed by atoms with Gasteiger partial charge in [0.2, 0.25) is 5.91 Å². The molecule has 2 aromatic rings. The van der Waals surface area contributed by atoms with Crippen LogP contribution >= 0.6 is 0 Å². The molecule has 6 heteroatoms. The van der Waals surface area contributed by atoms with E-state index < -0.39 is 0 Å². The molecule has 6 nitrogen and oxygen atoms in total. The van der Waals surface area contributed by atoms with Crippen LogP contribution in [-0.4, -0.2) is 57.0 Å². The molecule has 0 radical (unpaired) electrons. The van der Waals surface area contributed by atoms with Crippen LogP contribution in [0.1, 0.15) is 22.3 Å². The molecular formula is C22H26N2O4. The van der Waals surface area contributed by atoms with Crippen molar-refractivity contribution in [3.8, 4) is 11.5 Å². The lowest BCUT2D eigenvalue weighted by atomic mass is 10.1. The number of rotatable bonds is 7. The lowest BCUT2D eigenvalue weighted by Gasteiger charge is -2.37. The number of ether oxygens (including phenoxy) is 2. The third kappa shape index (κ3) is 4.63. The standard InChI is InChI=1S/C22H26N2O4/c1-17-15-18(16-25)7-8-19(17)23-10-12-24(13-11-23)22(26)9-14-28-21-6-4-3-5-20(21)27-2/h3-8,15-16H,9-14H2,1-2H3. The highest BCUT2D eigenvalue weighted by molar-refractivity contribution is 5.78. The second-order valence-corrected chi connectivity index (χ2v) is 6.78. The maximum atomic E-state index is 12.5. The van der Waals surface area contributed by atoms with Crippen molar-refractivity contribution in [2.45, 2.75) is 13.3 Å². The van der Waals surface area contributed by atoms with Gasteiger partial charge >= 0.3 is 0 Å². The Hall–Kier alpha value is -3.02. The van der Waals surface area contributed by atoms with Crippen molar-refractivity contribution >= 4 is 17.9 Å². The zero-order valence-electron chi connectivity index (χ0n) is 16.4. The maximum Gasteiger partial charge on any atom is 0.226 e. The highest BCUT2D eigenvalue weighted by atomic mass is 16.5. The first-order chi connectivity index (χ1) is 13.6. The van der Waals surface area contributed by atoms with Crippen LogP contribution in [0.15, 0.2) is 42.5 Å². The van der Waals surface area contributed by atoms with Crippen LogP contribution < -0.4 is 14.4 Å². The van der Waals surface area contributed by atoms with Gasteiger partial charge in [0, 0.05) is 37.4 Å². The molecule has 3 rings (SSSR count). The average Bonchev–Trinajstić information content (AvgIpc) is 2.74.